The van der Waals surface area contributed by atoms with Crippen LogP contribution in [0.5, 0.6) is 0 Å². The van der Waals surface area contributed by atoms with Gasteiger partial charge in [-0.2, -0.15) is 0 Å². The van der Waals surface area contributed by atoms with E-state index < -0.39 is 5.67 Å². The van der Waals surface area contributed by atoms with Gasteiger partial charge in [0.15, 0.2) is 0 Å². The van der Waals surface area contributed by atoms with Crippen LogP contribution in [-0.2, 0) is 0 Å². The Hall–Kier alpha value is -1.05. The summed E-state index contributed by atoms with van der Waals surface area (Å²) < 4.78 is 13.7. The molecule has 0 radical (unpaired) electrons. The summed E-state index contributed by atoms with van der Waals surface area (Å²) in [6.07, 6.45) is 1.28. The molecule has 1 aliphatic heterocycles. The molecule has 1 nitrogen and oxygen atoms in total. The van der Waals surface area contributed by atoms with Gasteiger partial charge < -0.3 is 4.90 Å². The van der Waals surface area contributed by atoms with Gasteiger partial charge in [-0.3, -0.25) is 0 Å². The van der Waals surface area contributed by atoms with E-state index in [9.17, 15) is 4.39 Å². The molecule has 1 aliphatic rings. The largest absolute Gasteiger partial charge is 0.371 e. The topological polar surface area (TPSA) is 3.24 Å². The van der Waals surface area contributed by atoms with Crippen molar-refractivity contribution >= 4 is 5.69 Å². The molecule has 2 rings (SSSR count). The summed E-state index contributed by atoms with van der Waals surface area (Å²) in [5, 5.41) is 0. The second kappa shape index (κ2) is 5.73. The van der Waals surface area contributed by atoms with Gasteiger partial charge in [-0.05, 0) is 43.4 Å². The van der Waals surface area contributed by atoms with Crippen molar-refractivity contribution in [2.45, 2.75) is 52.6 Å². The molecular weight excluding hydrogens is 225 g/mol. The maximum absolute atomic E-state index is 13.7. The Morgan fingerprint density at radius 1 is 1.11 bits per heavy atom. The zero-order valence-corrected chi connectivity index (χ0v) is 11.0. The van der Waals surface area contributed by atoms with Crippen LogP contribution in [0.25, 0.3) is 0 Å². The van der Waals surface area contributed by atoms with Crippen LogP contribution in [0, 0.1) is 0 Å². The number of halogens is 1. The number of nitrogens with zero attached hydrogens (tertiary/aromatic N) is 1. The number of piperidine rings is 1. The second-order valence-corrected chi connectivity index (χ2v) is 5.65. The van der Waals surface area contributed by atoms with E-state index in [1.807, 2.05) is 0 Å². The van der Waals surface area contributed by atoms with Gasteiger partial charge in [0.05, 0.1) is 0 Å². The number of hydrogen-bond donors (Lipinski definition) is 0. The lowest BCUT2D eigenvalue weighted by atomic mass is 9.95. The first kappa shape index (κ1) is 15.0. The Balaban J connectivity index is 0.00000162. The minimum atomic E-state index is -0.964. The van der Waals surface area contributed by atoms with Crippen molar-refractivity contribution in [2.24, 2.45) is 0 Å². The van der Waals surface area contributed by atoms with Crippen LogP contribution >= 0.6 is 0 Å². The lowest BCUT2D eigenvalue weighted by Gasteiger charge is -2.35. The standard InChI is InChI=1S/C15H22FN.CH4/c1-12(2)13-4-6-14(7-5-13)17-10-8-15(3,16)9-11-17;/h4-7,12H,8-11H2,1-3H3;1H4. The highest BCUT2D eigenvalue weighted by Crippen LogP contribution is 2.29. The summed E-state index contributed by atoms with van der Waals surface area (Å²) in [4.78, 5) is 2.28. The molecule has 0 aliphatic carbocycles. The van der Waals surface area contributed by atoms with Gasteiger partial charge >= 0.3 is 0 Å². The van der Waals surface area contributed by atoms with Crippen LogP contribution in [0.15, 0.2) is 24.3 Å². The SMILES string of the molecule is C.CC(C)c1ccc(N2CCC(C)(F)CC2)cc1. The summed E-state index contributed by atoms with van der Waals surface area (Å²) in [5.41, 5.74) is 1.62. The molecule has 1 aromatic rings. The average Bonchev–Trinajstić information content (AvgIpc) is 2.29. The highest BCUT2D eigenvalue weighted by atomic mass is 19.1. The van der Waals surface area contributed by atoms with E-state index in [2.05, 4.69) is 43.0 Å². The molecule has 0 bridgehead atoms. The Morgan fingerprint density at radius 2 is 1.61 bits per heavy atom. The first-order chi connectivity index (χ1) is 7.98. The molecule has 1 saturated heterocycles. The number of anilines is 1. The average molecular weight is 251 g/mol. The second-order valence-electron chi connectivity index (χ2n) is 5.65. The van der Waals surface area contributed by atoms with Crippen molar-refractivity contribution < 1.29 is 4.39 Å². The Labute approximate surface area is 111 Å². The van der Waals surface area contributed by atoms with E-state index in [-0.39, 0.29) is 7.43 Å². The summed E-state index contributed by atoms with van der Waals surface area (Å²) in [6, 6.07) is 8.69. The van der Waals surface area contributed by atoms with E-state index in [0.717, 1.165) is 13.1 Å². The number of alkyl halides is 1. The molecule has 0 unspecified atom stereocenters. The zero-order chi connectivity index (χ0) is 12.5. The summed E-state index contributed by atoms with van der Waals surface area (Å²) in [5.74, 6) is 0.569. The van der Waals surface area contributed by atoms with E-state index >= 15 is 0 Å². The number of hydrogen-bond acceptors (Lipinski definition) is 1. The van der Waals surface area contributed by atoms with Crippen LogP contribution < -0.4 is 4.90 Å². The van der Waals surface area contributed by atoms with Gasteiger partial charge in [-0.25, -0.2) is 4.39 Å². The van der Waals surface area contributed by atoms with Crippen molar-refractivity contribution in [3.05, 3.63) is 29.8 Å². The fraction of sp³-hybridized carbons (Fsp3) is 0.625. The number of rotatable bonds is 2. The van der Waals surface area contributed by atoms with E-state index in [1.165, 1.54) is 11.3 Å². The lowest BCUT2D eigenvalue weighted by molar-refractivity contribution is 0.149. The number of benzene rings is 1. The van der Waals surface area contributed by atoms with Gasteiger partial charge in [-0.15, -0.1) is 0 Å². The minimum Gasteiger partial charge on any atom is -0.371 e. The van der Waals surface area contributed by atoms with E-state index in [0.29, 0.717) is 18.8 Å². The molecule has 102 valence electrons. The molecule has 18 heavy (non-hydrogen) atoms. The fourth-order valence-corrected chi connectivity index (χ4v) is 2.30. The summed E-state index contributed by atoms with van der Waals surface area (Å²) in [7, 11) is 0. The first-order valence-electron chi connectivity index (χ1n) is 6.52. The van der Waals surface area contributed by atoms with Crippen molar-refractivity contribution in [1.82, 2.24) is 0 Å². The van der Waals surface area contributed by atoms with Gasteiger partial charge in [0.25, 0.3) is 0 Å². The Morgan fingerprint density at radius 3 is 2.06 bits per heavy atom. The van der Waals surface area contributed by atoms with E-state index in [1.54, 1.807) is 6.92 Å². The van der Waals surface area contributed by atoms with Crippen LogP contribution in [-0.4, -0.2) is 18.8 Å². The van der Waals surface area contributed by atoms with Crippen molar-refractivity contribution in [1.29, 1.82) is 0 Å². The molecule has 1 heterocycles. The van der Waals surface area contributed by atoms with Gasteiger partial charge in [0.1, 0.15) is 5.67 Å². The van der Waals surface area contributed by atoms with Crippen LogP contribution in [0.4, 0.5) is 10.1 Å². The molecule has 0 saturated carbocycles. The zero-order valence-electron chi connectivity index (χ0n) is 11.0. The van der Waals surface area contributed by atoms with Crippen molar-refractivity contribution in [2.75, 3.05) is 18.0 Å². The molecule has 0 spiro atoms. The van der Waals surface area contributed by atoms with Gasteiger partial charge in [0.2, 0.25) is 0 Å². The molecular formula is C16H26FN. The van der Waals surface area contributed by atoms with Gasteiger partial charge in [0, 0.05) is 18.8 Å². The van der Waals surface area contributed by atoms with Crippen LogP contribution in [0.3, 0.4) is 0 Å². The Bertz CT molecular complexity index is 357. The predicted molar refractivity (Wildman–Crippen MR) is 78.2 cm³/mol. The molecule has 0 atom stereocenters. The lowest BCUT2D eigenvalue weighted by Crippen LogP contribution is -2.40. The predicted octanol–water partition coefficient (Wildman–Crippen LogP) is 4.77. The molecule has 2 heteroatoms. The van der Waals surface area contributed by atoms with Crippen molar-refractivity contribution in [3.8, 4) is 0 Å². The molecule has 0 amide bonds. The quantitative estimate of drug-likeness (QED) is 0.731. The summed E-state index contributed by atoms with van der Waals surface area (Å²) >= 11 is 0. The fourth-order valence-electron chi connectivity index (χ4n) is 2.30. The minimum absolute atomic E-state index is 0. The highest BCUT2D eigenvalue weighted by Gasteiger charge is 2.29. The normalized spacial score (nSPS) is 18.6. The maximum Gasteiger partial charge on any atom is 0.111 e. The third-order valence-corrected chi connectivity index (χ3v) is 3.73. The molecule has 0 N–H and O–H groups in total. The first-order valence-corrected chi connectivity index (χ1v) is 6.52. The highest BCUT2D eigenvalue weighted by molar-refractivity contribution is 5.48. The van der Waals surface area contributed by atoms with Crippen LogP contribution in [0.2, 0.25) is 0 Å². The third-order valence-electron chi connectivity index (χ3n) is 3.73. The van der Waals surface area contributed by atoms with E-state index in [4.69, 9.17) is 0 Å². The van der Waals surface area contributed by atoms with Crippen LogP contribution in [0.1, 0.15) is 52.5 Å². The van der Waals surface area contributed by atoms with Gasteiger partial charge in [-0.1, -0.05) is 33.4 Å². The molecule has 1 fully saturated rings. The molecule has 0 aromatic heterocycles. The maximum atomic E-state index is 13.7. The smallest absolute Gasteiger partial charge is 0.111 e. The van der Waals surface area contributed by atoms with Crippen molar-refractivity contribution in [3.63, 3.8) is 0 Å². The monoisotopic (exact) mass is 251 g/mol. The Kier molecular flexibility index (Phi) is 4.78. The third kappa shape index (κ3) is 3.47. The summed E-state index contributed by atoms with van der Waals surface area (Å²) in [6.45, 7) is 7.77. The molecule has 1 aromatic carbocycles.